The summed E-state index contributed by atoms with van der Waals surface area (Å²) in [6.45, 7) is 5.43. The number of hydrogen-bond acceptors (Lipinski definition) is 7. The van der Waals surface area contributed by atoms with E-state index >= 15 is 0 Å². The molecule has 6 rings (SSSR count). The van der Waals surface area contributed by atoms with Gasteiger partial charge < -0.3 is 24.6 Å². The summed E-state index contributed by atoms with van der Waals surface area (Å²) in [6.07, 6.45) is 3.71. The molecule has 3 aliphatic rings. The Morgan fingerprint density at radius 2 is 1.94 bits per heavy atom. The molecule has 8 nitrogen and oxygen atoms in total. The van der Waals surface area contributed by atoms with E-state index in [1.165, 1.54) is 12.1 Å². The Balaban J connectivity index is 0.000000152. The van der Waals surface area contributed by atoms with Crippen molar-refractivity contribution in [1.29, 1.82) is 0 Å². The number of amides is 1. The summed E-state index contributed by atoms with van der Waals surface area (Å²) in [5, 5.41) is 2.54. The van der Waals surface area contributed by atoms with Crippen LogP contribution in [0.1, 0.15) is 12.1 Å². The summed E-state index contributed by atoms with van der Waals surface area (Å²) in [6, 6.07) is 14.4. The summed E-state index contributed by atoms with van der Waals surface area (Å²) in [5.74, 6) is 2.52. The minimum Gasteiger partial charge on any atom is -0.486 e. The largest absolute Gasteiger partial charge is 0.486 e. The molecule has 0 saturated carbocycles. The third kappa shape index (κ3) is 4.28. The highest BCUT2D eigenvalue weighted by molar-refractivity contribution is 5.75. The second kappa shape index (κ2) is 8.97. The zero-order valence-electron chi connectivity index (χ0n) is 18.8. The number of aromatic nitrogens is 2. The third-order valence-corrected chi connectivity index (χ3v) is 6.20. The Morgan fingerprint density at radius 1 is 1.09 bits per heavy atom. The number of likely N-dealkylation sites (N-methyl/N-ethyl adjacent to an activating group) is 1. The number of nitrogens with zero attached hydrogens (tertiary/aromatic N) is 4. The Kier molecular flexibility index (Phi) is 5.73. The Morgan fingerprint density at radius 3 is 2.76 bits per heavy atom. The first kappa shape index (κ1) is 21.1. The van der Waals surface area contributed by atoms with E-state index in [4.69, 9.17) is 14.5 Å². The zero-order chi connectivity index (χ0) is 22.8. The number of hydrogen-bond donors (Lipinski definition) is 1. The fourth-order valence-electron chi connectivity index (χ4n) is 4.46. The van der Waals surface area contributed by atoms with Crippen LogP contribution in [0.4, 0.5) is 17.2 Å². The van der Waals surface area contributed by atoms with Crippen molar-refractivity contribution in [3.8, 4) is 22.8 Å². The first-order chi connectivity index (χ1) is 16.1. The molecule has 33 heavy (non-hydrogen) atoms. The van der Waals surface area contributed by atoms with Gasteiger partial charge in [-0.15, -0.1) is 0 Å². The Bertz CT molecular complexity index is 1170. The van der Waals surface area contributed by atoms with Crippen LogP contribution in [-0.4, -0.2) is 55.8 Å². The summed E-state index contributed by atoms with van der Waals surface area (Å²) in [4.78, 5) is 24.1. The van der Waals surface area contributed by atoms with Gasteiger partial charge >= 0.3 is 0 Å². The van der Waals surface area contributed by atoms with E-state index in [1.807, 2.05) is 19.2 Å². The summed E-state index contributed by atoms with van der Waals surface area (Å²) >= 11 is 0. The summed E-state index contributed by atoms with van der Waals surface area (Å²) in [7, 11) is 2.17. The number of fused-ring (bicyclic) bond motifs is 5. The highest BCUT2D eigenvalue weighted by Gasteiger charge is 2.34. The van der Waals surface area contributed by atoms with Crippen LogP contribution < -0.4 is 24.6 Å². The van der Waals surface area contributed by atoms with Crippen molar-refractivity contribution in [3.05, 3.63) is 54.4 Å². The molecule has 1 atom stereocenters. The molecule has 0 radical (unpaired) electrons. The molecule has 5 heterocycles. The van der Waals surface area contributed by atoms with E-state index in [1.54, 1.807) is 18.2 Å². The highest BCUT2D eigenvalue weighted by atomic mass is 16.6. The number of anilines is 3. The average Bonchev–Trinajstić information content (AvgIpc) is 3.29. The molecular formula is C25H27N5O3. The van der Waals surface area contributed by atoms with Crippen molar-refractivity contribution in [1.82, 2.24) is 9.97 Å². The lowest BCUT2D eigenvalue weighted by molar-refractivity contribution is -0.105. The van der Waals surface area contributed by atoms with Gasteiger partial charge in [0.1, 0.15) is 13.2 Å². The number of rotatable bonds is 3. The predicted molar refractivity (Wildman–Crippen MR) is 128 cm³/mol. The zero-order valence-corrected chi connectivity index (χ0v) is 18.8. The van der Waals surface area contributed by atoms with Gasteiger partial charge in [-0.05, 0) is 49.7 Å². The molecule has 0 aliphatic carbocycles. The lowest BCUT2D eigenvalue weighted by atomic mass is 10.1. The van der Waals surface area contributed by atoms with E-state index in [2.05, 4.69) is 45.3 Å². The van der Waals surface area contributed by atoms with E-state index in [9.17, 15) is 4.79 Å². The molecule has 8 heteroatoms. The third-order valence-electron chi connectivity index (χ3n) is 6.20. The van der Waals surface area contributed by atoms with Crippen LogP contribution >= 0.6 is 0 Å². The minimum atomic E-state index is 0.553. The first-order valence-corrected chi connectivity index (χ1v) is 11.1. The van der Waals surface area contributed by atoms with E-state index in [0.717, 1.165) is 41.6 Å². The molecule has 1 saturated heterocycles. The van der Waals surface area contributed by atoms with Gasteiger partial charge in [0, 0.05) is 55.4 Å². The maximum Gasteiger partial charge on any atom is 0.211 e. The molecule has 3 aromatic rings. The monoisotopic (exact) mass is 445 g/mol. The molecular weight excluding hydrogens is 418 g/mol. The molecule has 1 aromatic carbocycles. The van der Waals surface area contributed by atoms with Crippen LogP contribution in [0, 0.1) is 6.92 Å². The minimum absolute atomic E-state index is 0.553. The predicted octanol–water partition coefficient (Wildman–Crippen LogP) is 3.51. The van der Waals surface area contributed by atoms with Crippen LogP contribution in [0.15, 0.2) is 48.7 Å². The second-order valence-electron chi connectivity index (χ2n) is 8.35. The molecule has 1 amide bonds. The molecule has 1 N–H and O–H groups in total. The van der Waals surface area contributed by atoms with Gasteiger partial charge in [0.25, 0.3) is 0 Å². The quantitative estimate of drug-likeness (QED) is 0.618. The molecule has 170 valence electrons. The number of nitrogens with one attached hydrogen (secondary N) is 1. The van der Waals surface area contributed by atoms with Gasteiger partial charge in [0.15, 0.2) is 17.3 Å². The Hall–Kier alpha value is -3.81. The number of carbonyl (C=O) groups excluding carboxylic acids is 1. The SMILES string of the molecule is Cc1cc(-c2ccc3c(n2)N(C)C2CCN3C2)ccn1.O=CNc1ccc2c(c1)OCCO2. The second-order valence-corrected chi connectivity index (χ2v) is 8.35. The van der Waals surface area contributed by atoms with E-state index in [-0.39, 0.29) is 0 Å². The fraction of sp³-hybridized carbons (Fsp3) is 0.320. The molecule has 1 fully saturated rings. The van der Waals surface area contributed by atoms with Crippen molar-refractivity contribution in [3.63, 3.8) is 0 Å². The van der Waals surface area contributed by atoms with Gasteiger partial charge in [-0.1, -0.05) is 0 Å². The number of benzene rings is 1. The lowest BCUT2D eigenvalue weighted by Gasteiger charge is -2.34. The van der Waals surface area contributed by atoms with Crippen LogP contribution in [-0.2, 0) is 4.79 Å². The van der Waals surface area contributed by atoms with Gasteiger partial charge in [-0.25, -0.2) is 4.98 Å². The topological polar surface area (TPSA) is 79.8 Å². The molecule has 2 aromatic heterocycles. The van der Waals surface area contributed by atoms with Gasteiger partial charge in [0.05, 0.1) is 11.4 Å². The maximum absolute atomic E-state index is 10.2. The Labute approximate surface area is 193 Å². The number of carbonyl (C=O) groups is 1. The smallest absolute Gasteiger partial charge is 0.211 e. The summed E-state index contributed by atoms with van der Waals surface area (Å²) < 4.78 is 10.6. The molecule has 1 unspecified atom stereocenters. The highest BCUT2D eigenvalue weighted by Crippen LogP contribution is 2.39. The van der Waals surface area contributed by atoms with Crippen molar-refractivity contribution >= 4 is 23.6 Å². The molecule has 0 spiro atoms. The van der Waals surface area contributed by atoms with Crippen molar-refractivity contribution < 1.29 is 14.3 Å². The van der Waals surface area contributed by atoms with E-state index < -0.39 is 0 Å². The number of pyridine rings is 2. The van der Waals surface area contributed by atoms with Gasteiger partial charge in [-0.2, -0.15) is 0 Å². The van der Waals surface area contributed by atoms with Gasteiger partial charge in [0.2, 0.25) is 6.41 Å². The fourth-order valence-corrected chi connectivity index (χ4v) is 4.46. The van der Waals surface area contributed by atoms with Crippen LogP contribution in [0.3, 0.4) is 0 Å². The van der Waals surface area contributed by atoms with E-state index in [0.29, 0.717) is 37.1 Å². The van der Waals surface area contributed by atoms with Gasteiger partial charge in [-0.3, -0.25) is 9.78 Å². The van der Waals surface area contributed by atoms with Crippen LogP contribution in [0.2, 0.25) is 0 Å². The van der Waals surface area contributed by atoms with Crippen molar-refractivity contribution in [2.45, 2.75) is 19.4 Å². The van der Waals surface area contributed by atoms with Crippen LogP contribution in [0.5, 0.6) is 11.5 Å². The standard InChI is InChI=1S/C16H18N4.C9H9NO3/c1-11-9-12(5-7-17-11)14-3-4-15-16(18-14)19(2)13-6-8-20(15)10-13;11-6-10-7-1-2-8-9(5-7)13-4-3-12-8/h3-5,7,9,13H,6,8,10H2,1-2H3;1-2,5-6H,3-4H2,(H,10,11). The molecule has 2 bridgehead atoms. The summed E-state index contributed by atoms with van der Waals surface area (Å²) in [5.41, 5.74) is 5.18. The normalized spacial score (nSPS) is 17.6. The van der Waals surface area contributed by atoms with Crippen molar-refractivity contribution in [2.75, 3.05) is 48.5 Å². The number of aryl methyl sites for hydroxylation is 1. The average molecular weight is 446 g/mol. The molecule has 3 aliphatic heterocycles. The number of ether oxygens (including phenoxy) is 2. The first-order valence-electron chi connectivity index (χ1n) is 11.1. The lowest BCUT2D eigenvalue weighted by Crippen LogP contribution is -2.40. The van der Waals surface area contributed by atoms with Crippen molar-refractivity contribution in [2.24, 2.45) is 0 Å². The van der Waals surface area contributed by atoms with Crippen LogP contribution in [0.25, 0.3) is 11.3 Å². The maximum atomic E-state index is 10.2.